The number of carbonyl (C=O) groups is 2. The first kappa shape index (κ1) is 28.1. The Morgan fingerprint density at radius 2 is 1.78 bits per heavy atom. The third-order valence-electron chi connectivity index (χ3n) is 6.41. The Kier molecular flexibility index (Phi) is 8.22. The lowest BCUT2D eigenvalue weighted by Gasteiger charge is -2.23. The van der Waals surface area contributed by atoms with Crippen molar-refractivity contribution in [1.82, 2.24) is 4.90 Å². The van der Waals surface area contributed by atoms with Crippen LogP contribution in [0.4, 0.5) is 11.4 Å². The minimum atomic E-state index is -3.94. The van der Waals surface area contributed by atoms with Crippen LogP contribution in [0.15, 0.2) is 94.4 Å². The SMILES string of the molecule is COc1ccc(OC)c(NS(=O)(=O)c2ccc(NC(=O)c3ccc([C@@H]4SCC(=O)N4Cc4ccco4)cc3)cc2)c1. The van der Waals surface area contributed by atoms with Gasteiger partial charge in [-0.25, -0.2) is 8.42 Å². The van der Waals surface area contributed by atoms with Crippen LogP contribution in [-0.4, -0.2) is 45.1 Å². The Balaban J connectivity index is 1.24. The first-order valence-corrected chi connectivity index (χ1v) is 15.0. The molecule has 10 nitrogen and oxygen atoms in total. The molecule has 0 unspecified atom stereocenters. The summed E-state index contributed by atoms with van der Waals surface area (Å²) in [5, 5.41) is 2.61. The van der Waals surface area contributed by atoms with Crippen LogP contribution in [0.2, 0.25) is 0 Å². The molecule has 2 amide bonds. The van der Waals surface area contributed by atoms with Crippen molar-refractivity contribution in [3.63, 3.8) is 0 Å². The molecule has 3 aromatic carbocycles. The van der Waals surface area contributed by atoms with Gasteiger partial charge < -0.3 is 24.1 Å². The lowest BCUT2D eigenvalue weighted by molar-refractivity contribution is -0.128. The first-order valence-electron chi connectivity index (χ1n) is 12.5. The van der Waals surface area contributed by atoms with Crippen molar-refractivity contribution >= 4 is 45.0 Å². The number of nitrogens with one attached hydrogen (secondary N) is 2. The molecule has 5 rings (SSSR count). The van der Waals surface area contributed by atoms with Crippen LogP contribution in [0.1, 0.15) is 27.1 Å². The van der Waals surface area contributed by atoms with E-state index in [1.54, 1.807) is 41.5 Å². The van der Waals surface area contributed by atoms with E-state index in [0.29, 0.717) is 40.8 Å². The van der Waals surface area contributed by atoms with Crippen molar-refractivity contribution in [2.75, 3.05) is 30.0 Å². The number of sulfonamides is 1. The van der Waals surface area contributed by atoms with Gasteiger partial charge in [-0.15, -0.1) is 11.8 Å². The van der Waals surface area contributed by atoms with Crippen molar-refractivity contribution in [1.29, 1.82) is 0 Å². The van der Waals surface area contributed by atoms with Crippen LogP contribution in [0, 0.1) is 0 Å². The maximum absolute atomic E-state index is 13.0. The second kappa shape index (κ2) is 12.0. The van der Waals surface area contributed by atoms with Crippen molar-refractivity contribution < 1.29 is 31.9 Å². The van der Waals surface area contributed by atoms with Crippen LogP contribution in [-0.2, 0) is 21.4 Å². The van der Waals surface area contributed by atoms with Gasteiger partial charge in [-0.05, 0) is 66.2 Å². The Labute approximate surface area is 241 Å². The average molecular weight is 594 g/mol. The number of nitrogens with zero attached hydrogens (tertiary/aromatic N) is 1. The van der Waals surface area contributed by atoms with Gasteiger partial charge in [0.05, 0.1) is 43.4 Å². The van der Waals surface area contributed by atoms with Gasteiger partial charge >= 0.3 is 0 Å². The second-order valence-corrected chi connectivity index (χ2v) is 11.8. The highest BCUT2D eigenvalue weighted by molar-refractivity contribution is 8.00. The van der Waals surface area contributed by atoms with Crippen molar-refractivity contribution in [3.8, 4) is 11.5 Å². The zero-order valence-electron chi connectivity index (χ0n) is 22.2. The maximum atomic E-state index is 13.0. The van der Waals surface area contributed by atoms with Gasteiger partial charge in [-0.1, -0.05) is 12.1 Å². The number of carbonyl (C=O) groups excluding carboxylic acids is 2. The van der Waals surface area contributed by atoms with Gasteiger partial charge in [-0.2, -0.15) is 0 Å². The monoisotopic (exact) mass is 593 g/mol. The molecule has 1 aliphatic heterocycles. The fraction of sp³-hybridized carbons (Fsp3) is 0.172. The summed E-state index contributed by atoms with van der Waals surface area (Å²) in [5.74, 6) is 1.57. The van der Waals surface area contributed by atoms with Crippen LogP contribution in [0.5, 0.6) is 11.5 Å². The van der Waals surface area contributed by atoms with E-state index in [-0.39, 0.29) is 27.8 Å². The highest BCUT2D eigenvalue weighted by Gasteiger charge is 2.33. The Bertz CT molecular complexity index is 1640. The highest BCUT2D eigenvalue weighted by Crippen LogP contribution is 2.39. The molecule has 0 spiro atoms. The molecule has 212 valence electrons. The smallest absolute Gasteiger partial charge is 0.262 e. The van der Waals surface area contributed by atoms with E-state index in [2.05, 4.69) is 10.0 Å². The number of hydrogen-bond acceptors (Lipinski definition) is 8. The van der Waals surface area contributed by atoms with E-state index < -0.39 is 10.0 Å². The molecule has 4 aromatic rings. The number of anilines is 2. The van der Waals surface area contributed by atoms with Crippen molar-refractivity contribution in [2.24, 2.45) is 0 Å². The molecular weight excluding hydrogens is 566 g/mol. The van der Waals surface area contributed by atoms with E-state index in [4.69, 9.17) is 13.9 Å². The fourth-order valence-electron chi connectivity index (χ4n) is 4.29. The number of ether oxygens (including phenoxy) is 2. The number of rotatable bonds is 10. The Morgan fingerprint density at radius 3 is 2.44 bits per heavy atom. The predicted molar refractivity (Wildman–Crippen MR) is 156 cm³/mol. The molecule has 1 fully saturated rings. The minimum Gasteiger partial charge on any atom is -0.497 e. The third-order valence-corrected chi connectivity index (χ3v) is 9.04. The van der Waals surface area contributed by atoms with Crippen LogP contribution < -0.4 is 19.5 Å². The summed E-state index contributed by atoms with van der Waals surface area (Å²) < 4.78 is 44.3. The van der Waals surface area contributed by atoms with Crippen LogP contribution in [0.3, 0.4) is 0 Å². The van der Waals surface area contributed by atoms with Crippen molar-refractivity contribution in [2.45, 2.75) is 16.8 Å². The molecule has 1 aliphatic rings. The molecule has 0 saturated carbocycles. The molecular formula is C29H27N3O7S2. The standard InChI is InChI=1S/C29H27N3O7S2/c1-37-22-11-14-26(38-2)25(16-22)31-41(35,36)24-12-9-21(10-13-24)30-28(34)19-5-7-20(8-6-19)29-32(27(33)18-40-29)17-23-4-3-15-39-23/h3-16,29,31H,17-18H2,1-2H3,(H,30,34)/t29-/m0/s1. The number of benzene rings is 3. The molecule has 41 heavy (non-hydrogen) atoms. The normalized spacial score (nSPS) is 15.0. The van der Waals surface area contributed by atoms with Gasteiger partial charge in [0.25, 0.3) is 15.9 Å². The largest absolute Gasteiger partial charge is 0.497 e. The molecule has 1 saturated heterocycles. The lowest BCUT2D eigenvalue weighted by atomic mass is 10.1. The summed E-state index contributed by atoms with van der Waals surface area (Å²) in [5.41, 5.74) is 1.98. The predicted octanol–water partition coefficient (Wildman–Crippen LogP) is 5.12. The summed E-state index contributed by atoms with van der Waals surface area (Å²) in [6, 6.07) is 21.3. The van der Waals surface area contributed by atoms with Gasteiger partial charge in [0, 0.05) is 17.3 Å². The van der Waals surface area contributed by atoms with Gasteiger partial charge in [0.1, 0.15) is 22.6 Å². The maximum Gasteiger partial charge on any atom is 0.262 e. The Hall–Kier alpha value is -4.42. The minimum absolute atomic E-state index is 0.00689. The van der Waals surface area contributed by atoms with Gasteiger partial charge in [-0.3, -0.25) is 14.3 Å². The molecule has 12 heteroatoms. The van der Waals surface area contributed by atoms with Crippen LogP contribution >= 0.6 is 11.8 Å². The molecule has 0 aliphatic carbocycles. The molecule has 2 heterocycles. The number of hydrogen-bond donors (Lipinski definition) is 2. The topological polar surface area (TPSA) is 127 Å². The van der Waals surface area contributed by atoms with Gasteiger partial charge in [0.2, 0.25) is 5.91 Å². The van der Waals surface area contributed by atoms with E-state index in [0.717, 1.165) is 5.56 Å². The fourth-order valence-corrected chi connectivity index (χ4v) is 6.54. The quantitative estimate of drug-likeness (QED) is 0.259. The third kappa shape index (κ3) is 6.34. The van der Waals surface area contributed by atoms with Crippen molar-refractivity contribution in [3.05, 3.63) is 102 Å². The van der Waals surface area contributed by atoms with E-state index in [1.807, 2.05) is 18.2 Å². The van der Waals surface area contributed by atoms with Crippen LogP contribution in [0.25, 0.3) is 0 Å². The number of methoxy groups -OCH3 is 2. The summed E-state index contributed by atoms with van der Waals surface area (Å²) in [7, 11) is -1.02. The van der Waals surface area contributed by atoms with E-state index >= 15 is 0 Å². The summed E-state index contributed by atoms with van der Waals surface area (Å²) in [6.07, 6.45) is 1.58. The molecule has 1 aromatic heterocycles. The van der Waals surface area contributed by atoms with Gasteiger partial charge in [0.15, 0.2) is 0 Å². The summed E-state index contributed by atoms with van der Waals surface area (Å²) in [4.78, 5) is 27.1. The molecule has 0 radical (unpaired) electrons. The number of furan rings is 1. The summed E-state index contributed by atoms with van der Waals surface area (Å²) >= 11 is 1.52. The zero-order valence-corrected chi connectivity index (χ0v) is 23.8. The molecule has 1 atom stereocenters. The lowest BCUT2D eigenvalue weighted by Crippen LogP contribution is -2.27. The number of amides is 2. The average Bonchev–Trinajstić information content (AvgIpc) is 3.63. The first-order chi connectivity index (χ1) is 19.8. The zero-order chi connectivity index (χ0) is 29.0. The van der Waals surface area contributed by atoms with E-state index in [1.165, 1.54) is 56.3 Å². The molecule has 2 N–H and O–H groups in total. The molecule has 0 bridgehead atoms. The van der Waals surface area contributed by atoms with E-state index in [9.17, 15) is 18.0 Å². The Morgan fingerprint density at radius 1 is 1.02 bits per heavy atom. The second-order valence-electron chi connectivity index (χ2n) is 9.04. The highest BCUT2D eigenvalue weighted by atomic mass is 32.2. The number of thioether (sulfide) groups is 1. The summed E-state index contributed by atoms with van der Waals surface area (Å²) in [6.45, 7) is 0.375.